The molecule has 1 N–H and O–H groups in total. The van der Waals surface area contributed by atoms with Crippen LogP contribution >= 0.6 is 0 Å². The Morgan fingerprint density at radius 3 is 2.41 bits per heavy atom. The van der Waals surface area contributed by atoms with Gasteiger partial charge in [-0.2, -0.15) is 0 Å². The number of nitrogens with one attached hydrogen (secondary N) is 1. The number of hydrogen-bond donors (Lipinski definition) is 1. The van der Waals surface area contributed by atoms with Crippen LogP contribution in [0.15, 0.2) is 43.5 Å². The molecule has 3 saturated carbocycles. The van der Waals surface area contributed by atoms with Crippen LogP contribution in [-0.2, 0) is 56.6 Å². The second-order valence-electron chi connectivity index (χ2n) is 15.2. The molecule has 0 bridgehead atoms. The highest BCUT2D eigenvalue weighted by Crippen LogP contribution is 2.57. The number of ether oxygens (including phenoxy) is 2. The summed E-state index contributed by atoms with van der Waals surface area (Å²) in [7, 11) is -2.48. The number of fused-ring (bicyclic) bond motifs is 1. The maximum Gasteiger partial charge on any atom is 0.410 e. The highest BCUT2D eigenvalue weighted by Gasteiger charge is 2.61. The van der Waals surface area contributed by atoms with Crippen LogP contribution in [0.3, 0.4) is 0 Å². The fourth-order valence-electron chi connectivity index (χ4n) is 7.95. The molecule has 4 fully saturated rings. The van der Waals surface area contributed by atoms with Gasteiger partial charge in [0.2, 0.25) is 27.7 Å². The van der Waals surface area contributed by atoms with Crippen molar-refractivity contribution in [2.45, 2.75) is 101 Å². The quantitative estimate of drug-likeness (QED) is 0.158. The molecule has 2 heterocycles. The Morgan fingerprint density at radius 2 is 1.78 bits per heavy atom. The molecule has 6 rings (SSSR count). The molecule has 2 unspecified atom stereocenters. The van der Waals surface area contributed by atoms with Crippen molar-refractivity contribution in [1.82, 2.24) is 19.4 Å². The zero-order valence-electron chi connectivity index (χ0n) is 30.4. The molecule has 0 aromatic heterocycles. The standard InChI is InChI=1S/C38H47FN4O10S/c1-4-25-17-38(25,36(48)40-54(50,51)28-13-14-28)18-32(44)31-16-27(53-37(49)42-20-23-9-8-12-30(39)29(23)22-42)21-43(31)35(47)24(19-41(3)33(45)5-2)15-34(46)52-26-10-6-7-11-26/h4-5,8-9,12,24-28,31H,1-2,6-7,10-11,13-22H2,3H3,(H,40,48)/t24-,25+,27?,31?,38+/m0/s1. The number of hydrogen-bond acceptors (Lipinski definition) is 10. The van der Waals surface area contributed by atoms with E-state index in [1.807, 2.05) is 0 Å². The molecule has 292 valence electrons. The summed E-state index contributed by atoms with van der Waals surface area (Å²) >= 11 is 0. The Morgan fingerprint density at radius 1 is 1.06 bits per heavy atom. The minimum absolute atomic E-state index is 0.0300. The van der Waals surface area contributed by atoms with E-state index in [1.54, 1.807) is 12.1 Å². The lowest BCUT2D eigenvalue weighted by atomic mass is 9.91. The Bertz CT molecular complexity index is 1840. The van der Waals surface area contributed by atoms with Gasteiger partial charge in [0.25, 0.3) is 0 Å². The van der Waals surface area contributed by atoms with E-state index >= 15 is 0 Å². The first-order chi connectivity index (χ1) is 25.6. The lowest BCUT2D eigenvalue weighted by Gasteiger charge is -2.30. The van der Waals surface area contributed by atoms with Crippen LogP contribution in [0.2, 0.25) is 0 Å². The normalized spacial score (nSPS) is 25.3. The largest absolute Gasteiger partial charge is 0.462 e. The van der Waals surface area contributed by atoms with E-state index in [0.717, 1.165) is 18.9 Å². The number of halogens is 1. The van der Waals surface area contributed by atoms with E-state index in [1.165, 1.54) is 33.9 Å². The summed E-state index contributed by atoms with van der Waals surface area (Å²) in [5.74, 6) is -5.29. The number of likely N-dealkylation sites (N-methyl/N-ethyl adjacent to an activating group) is 1. The van der Waals surface area contributed by atoms with Gasteiger partial charge >= 0.3 is 12.1 Å². The summed E-state index contributed by atoms with van der Waals surface area (Å²) in [4.78, 5) is 85.1. The van der Waals surface area contributed by atoms with Gasteiger partial charge < -0.3 is 19.3 Å². The van der Waals surface area contributed by atoms with Gasteiger partial charge in [0.05, 0.1) is 42.1 Å². The van der Waals surface area contributed by atoms with Crippen molar-refractivity contribution in [3.63, 3.8) is 0 Å². The molecular weight excluding hydrogens is 724 g/mol. The molecule has 14 nitrogen and oxygen atoms in total. The van der Waals surface area contributed by atoms with Crippen molar-refractivity contribution in [1.29, 1.82) is 0 Å². The summed E-state index contributed by atoms with van der Waals surface area (Å²) < 4.78 is 53.4. The molecule has 4 amide bonds. The first kappa shape index (κ1) is 39.1. The van der Waals surface area contributed by atoms with E-state index in [0.29, 0.717) is 36.8 Å². The number of nitrogens with zero attached hydrogens (tertiary/aromatic N) is 3. The predicted molar refractivity (Wildman–Crippen MR) is 191 cm³/mol. The molecule has 0 radical (unpaired) electrons. The maximum atomic E-state index is 14.5. The molecule has 1 aromatic carbocycles. The summed E-state index contributed by atoms with van der Waals surface area (Å²) in [6, 6.07) is 3.33. The smallest absolute Gasteiger partial charge is 0.410 e. The SMILES string of the molecule is C=CC(=O)N(C)C[C@H](CC(=O)OC1CCCC1)C(=O)N1CC(OC(=O)N2Cc3cccc(F)c3C2)CC1C(=O)C[C@]1(C(=O)NS(=O)(=O)C2CC2)C[C@H]1C=C. The number of benzene rings is 1. The minimum Gasteiger partial charge on any atom is -0.462 e. The van der Waals surface area contributed by atoms with E-state index < -0.39 is 98.9 Å². The average molecular weight is 771 g/mol. The number of Topliss-reactive ketones (excluding diaryl/α,β-unsaturated/α-hetero) is 1. The fraction of sp³-hybridized carbons (Fsp3) is 0.579. The first-order valence-electron chi connectivity index (χ1n) is 18.5. The van der Waals surface area contributed by atoms with Gasteiger partial charge in [-0.15, -0.1) is 6.58 Å². The number of carbonyl (C=O) groups is 6. The van der Waals surface area contributed by atoms with Crippen LogP contribution in [0.25, 0.3) is 0 Å². The summed E-state index contributed by atoms with van der Waals surface area (Å²) in [6.45, 7) is 6.86. The highest BCUT2D eigenvalue weighted by atomic mass is 32.2. The number of likely N-dealkylation sites (tertiary alicyclic amines) is 1. The summed E-state index contributed by atoms with van der Waals surface area (Å²) in [6.07, 6.45) is 3.78. The lowest BCUT2D eigenvalue weighted by molar-refractivity contribution is -0.154. The molecule has 54 heavy (non-hydrogen) atoms. The van der Waals surface area contributed by atoms with Crippen molar-refractivity contribution in [2.75, 3.05) is 20.1 Å². The number of sulfonamides is 1. The number of rotatable bonds is 15. The van der Waals surface area contributed by atoms with Crippen LogP contribution in [0.4, 0.5) is 9.18 Å². The van der Waals surface area contributed by atoms with Crippen LogP contribution in [0.1, 0.15) is 75.3 Å². The Labute approximate surface area is 314 Å². The lowest BCUT2D eigenvalue weighted by Crippen LogP contribution is -2.48. The third-order valence-corrected chi connectivity index (χ3v) is 13.2. The monoisotopic (exact) mass is 770 g/mol. The van der Waals surface area contributed by atoms with Gasteiger partial charge in [-0.05, 0) is 68.6 Å². The van der Waals surface area contributed by atoms with E-state index in [9.17, 15) is 41.6 Å². The molecule has 5 atom stereocenters. The third-order valence-electron chi connectivity index (χ3n) is 11.3. The molecule has 0 spiro atoms. The van der Waals surface area contributed by atoms with Crippen LogP contribution < -0.4 is 4.72 Å². The van der Waals surface area contributed by atoms with Crippen molar-refractivity contribution in [2.24, 2.45) is 17.3 Å². The molecular formula is C38H47FN4O10S. The minimum atomic E-state index is -3.92. The molecule has 16 heteroatoms. The topological polar surface area (TPSA) is 177 Å². The van der Waals surface area contributed by atoms with Gasteiger partial charge in [-0.3, -0.25) is 33.6 Å². The Balaban J connectivity index is 1.23. The van der Waals surface area contributed by atoms with Gasteiger partial charge in [0, 0.05) is 38.5 Å². The van der Waals surface area contributed by atoms with Crippen LogP contribution in [-0.4, -0.2) is 102 Å². The third kappa shape index (κ3) is 8.37. The number of ketones is 1. The zero-order valence-corrected chi connectivity index (χ0v) is 31.2. The maximum absolute atomic E-state index is 14.5. The van der Waals surface area contributed by atoms with Crippen molar-refractivity contribution >= 4 is 45.6 Å². The molecule has 1 aromatic rings. The van der Waals surface area contributed by atoms with Crippen molar-refractivity contribution < 1.29 is 51.0 Å². The predicted octanol–water partition coefficient (Wildman–Crippen LogP) is 3.14. The van der Waals surface area contributed by atoms with Crippen LogP contribution in [0.5, 0.6) is 0 Å². The summed E-state index contributed by atoms with van der Waals surface area (Å²) in [5.41, 5.74) is -0.413. The van der Waals surface area contributed by atoms with E-state index in [4.69, 9.17) is 9.47 Å². The Kier molecular flexibility index (Phi) is 11.3. The van der Waals surface area contributed by atoms with E-state index in [2.05, 4.69) is 17.9 Å². The number of amides is 4. The second kappa shape index (κ2) is 15.6. The van der Waals surface area contributed by atoms with Crippen molar-refractivity contribution in [3.8, 4) is 0 Å². The fourth-order valence-corrected chi connectivity index (χ4v) is 9.33. The van der Waals surface area contributed by atoms with Gasteiger partial charge in [0.15, 0.2) is 5.78 Å². The van der Waals surface area contributed by atoms with E-state index in [-0.39, 0.29) is 45.1 Å². The number of esters is 1. The number of allylic oxidation sites excluding steroid dienone is 1. The highest BCUT2D eigenvalue weighted by molar-refractivity contribution is 7.90. The molecule has 1 saturated heterocycles. The first-order valence-corrected chi connectivity index (χ1v) is 20.0. The second-order valence-corrected chi connectivity index (χ2v) is 17.2. The zero-order chi connectivity index (χ0) is 38.9. The number of carbonyl (C=O) groups excluding carboxylic acids is 6. The summed E-state index contributed by atoms with van der Waals surface area (Å²) in [5, 5.41) is -0.670. The van der Waals surface area contributed by atoms with Gasteiger partial charge in [-0.1, -0.05) is 24.8 Å². The average Bonchev–Trinajstić information content (AvgIpc) is 3.93. The van der Waals surface area contributed by atoms with Crippen LogP contribution in [0, 0.1) is 23.1 Å². The van der Waals surface area contributed by atoms with Gasteiger partial charge in [-0.25, -0.2) is 17.6 Å². The molecule has 2 aliphatic heterocycles. The Hall–Kier alpha value is -4.60. The molecule has 5 aliphatic rings. The van der Waals surface area contributed by atoms with Crippen molar-refractivity contribution in [3.05, 3.63) is 60.5 Å². The van der Waals surface area contributed by atoms with Gasteiger partial charge in [0.1, 0.15) is 18.0 Å². The molecule has 3 aliphatic carbocycles.